The minimum Gasteiger partial charge on any atom is -0.477 e. The van der Waals surface area contributed by atoms with Crippen molar-refractivity contribution >= 4 is 5.97 Å². The van der Waals surface area contributed by atoms with E-state index in [1.165, 1.54) is 6.07 Å². The van der Waals surface area contributed by atoms with Gasteiger partial charge in [0.2, 0.25) is 6.79 Å². The van der Waals surface area contributed by atoms with E-state index in [4.69, 9.17) is 19.3 Å². The van der Waals surface area contributed by atoms with E-state index in [9.17, 15) is 4.79 Å². The smallest absolute Gasteiger partial charge is 0.353 e. The Balaban J connectivity index is 2.06. The van der Waals surface area contributed by atoms with Gasteiger partial charge in [-0.2, -0.15) is 5.10 Å². The summed E-state index contributed by atoms with van der Waals surface area (Å²) in [5, 5.41) is 15.4. The van der Waals surface area contributed by atoms with Crippen molar-refractivity contribution in [2.75, 3.05) is 13.9 Å². The van der Waals surface area contributed by atoms with Crippen molar-refractivity contribution in [1.29, 1.82) is 0 Å². The predicted octanol–water partition coefficient (Wildman–Crippen LogP) is 1.65. The quantitative estimate of drug-likeness (QED) is 0.881. The first-order valence-electron chi connectivity index (χ1n) is 5.90. The second kappa shape index (κ2) is 4.86. The predicted molar refractivity (Wildman–Crippen MR) is 67.8 cm³/mol. The average molecular weight is 276 g/mol. The van der Waals surface area contributed by atoms with Crippen molar-refractivity contribution in [3.05, 3.63) is 29.5 Å². The zero-order valence-corrected chi connectivity index (χ0v) is 10.7. The molecule has 2 aromatic rings. The third-order valence-electron chi connectivity index (χ3n) is 2.98. The Morgan fingerprint density at radius 1 is 1.45 bits per heavy atom. The van der Waals surface area contributed by atoms with Crippen LogP contribution in [0.25, 0.3) is 11.3 Å². The van der Waals surface area contributed by atoms with Crippen LogP contribution in [0.5, 0.6) is 11.5 Å². The molecule has 0 amide bonds. The zero-order chi connectivity index (χ0) is 14.1. The van der Waals surface area contributed by atoms with Gasteiger partial charge in [0.15, 0.2) is 11.5 Å². The van der Waals surface area contributed by atoms with E-state index < -0.39 is 5.97 Å². The summed E-state index contributed by atoms with van der Waals surface area (Å²) in [5.41, 5.74) is 2.07. The van der Waals surface area contributed by atoms with E-state index in [-0.39, 0.29) is 12.5 Å². The van der Waals surface area contributed by atoms with Gasteiger partial charge in [-0.1, -0.05) is 6.07 Å². The zero-order valence-electron chi connectivity index (χ0n) is 10.7. The van der Waals surface area contributed by atoms with E-state index >= 15 is 0 Å². The van der Waals surface area contributed by atoms with E-state index in [0.717, 1.165) is 5.56 Å². The van der Waals surface area contributed by atoms with E-state index in [2.05, 4.69) is 10.2 Å². The molecule has 0 saturated carbocycles. The lowest BCUT2D eigenvalue weighted by Crippen LogP contribution is -1.95. The molecule has 0 spiro atoms. The molecule has 0 aliphatic carbocycles. The first kappa shape index (κ1) is 12.5. The van der Waals surface area contributed by atoms with Gasteiger partial charge in [-0.15, -0.1) is 0 Å². The summed E-state index contributed by atoms with van der Waals surface area (Å²) < 4.78 is 16.0. The van der Waals surface area contributed by atoms with E-state index in [1.807, 2.05) is 12.1 Å². The first-order chi connectivity index (χ1) is 9.70. The SMILES string of the molecule is COCc1ccc(-c2cc(C(=O)O)[nH]n2)c2c1OCO2. The lowest BCUT2D eigenvalue weighted by molar-refractivity contribution is 0.0690. The number of aromatic amines is 1. The van der Waals surface area contributed by atoms with Crippen molar-refractivity contribution < 1.29 is 24.1 Å². The molecule has 1 aliphatic rings. The molecule has 0 atom stereocenters. The maximum atomic E-state index is 10.9. The minimum atomic E-state index is -1.06. The Labute approximate surface area is 114 Å². The van der Waals surface area contributed by atoms with Gasteiger partial charge in [-0.3, -0.25) is 5.10 Å². The van der Waals surface area contributed by atoms with Crippen molar-refractivity contribution in [2.45, 2.75) is 6.61 Å². The Hall–Kier alpha value is -2.54. The Morgan fingerprint density at radius 3 is 2.95 bits per heavy atom. The van der Waals surface area contributed by atoms with Crippen molar-refractivity contribution in [3.63, 3.8) is 0 Å². The summed E-state index contributed by atoms with van der Waals surface area (Å²) in [6.45, 7) is 0.534. The van der Waals surface area contributed by atoms with Crippen molar-refractivity contribution in [3.8, 4) is 22.8 Å². The maximum Gasteiger partial charge on any atom is 0.353 e. The van der Waals surface area contributed by atoms with Crippen LogP contribution in [0.1, 0.15) is 16.1 Å². The molecule has 0 saturated heterocycles. The van der Waals surface area contributed by atoms with Gasteiger partial charge < -0.3 is 19.3 Å². The molecular weight excluding hydrogens is 264 g/mol. The van der Waals surface area contributed by atoms with E-state index in [0.29, 0.717) is 29.4 Å². The van der Waals surface area contributed by atoms with Crippen LogP contribution < -0.4 is 9.47 Å². The lowest BCUT2D eigenvalue weighted by atomic mass is 10.1. The van der Waals surface area contributed by atoms with Gasteiger partial charge in [-0.05, 0) is 12.1 Å². The lowest BCUT2D eigenvalue weighted by Gasteiger charge is -2.07. The van der Waals surface area contributed by atoms with Gasteiger partial charge in [0.25, 0.3) is 0 Å². The summed E-state index contributed by atoms with van der Waals surface area (Å²) >= 11 is 0. The molecule has 0 fully saturated rings. The molecule has 20 heavy (non-hydrogen) atoms. The third kappa shape index (κ3) is 1.97. The molecule has 7 heteroatoms. The number of ether oxygens (including phenoxy) is 3. The number of hydrogen-bond acceptors (Lipinski definition) is 5. The van der Waals surface area contributed by atoms with Gasteiger partial charge >= 0.3 is 5.97 Å². The van der Waals surface area contributed by atoms with Crippen molar-refractivity contribution in [2.24, 2.45) is 0 Å². The molecule has 1 aromatic carbocycles. The third-order valence-corrected chi connectivity index (χ3v) is 2.98. The van der Waals surface area contributed by atoms with Crippen LogP contribution >= 0.6 is 0 Å². The average Bonchev–Trinajstić information content (AvgIpc) is 3.08. The van der Waals surface area contributed by atoms with Gasteiger partial charge in [0, 0.05) is 18.2 Å². The number of carbonyl (C=O) groups is 1. The number of aromatic nitrogens is 2. The highest BCUT2D eigenvalue weighted by Gasteiger charge is 2.24. The highest BCUT2D eigenvalue weighted by molar-refractivity contribution is 5.87. The summed E-state index contributed by atoms with van der Waals surface area (Å²) in [4.78, 5) is 10.9. The molecule has 0 bridgehead atoms. The molecule has 2 N–H and O–H groups in total. The normalized spacial score (nSPS) is 12.7. The molecule has 0 unspecified atom stereocenters. The molecule has 3 rings (SSSR count). The number of methoxy groups -OCH3 is 1. The number of aromatic carboxylic acids is 1. The minimum absolute atomic E-state index is 0.0219. The molecule has 104 valence electrons. The fourth-order valence-corrected chi connectivity index (χ4v) is 2.09. The first-order valence-corrected chi connectivity index (χ1v) is 5.90. The van der Waals surface area contributed by atoms with Crippen LogP contribution in [0, 0.1) is 0 Å². The van der Waals surface area contributed by atoms with Crippen LogP contribution in [-0.4, -0.2) is 35.2 Å². The van der Waals surface area contributed by atoms with Crippen LogP contribution in [0.15, 0.2) is 18.2 Å². The summed E-state index contributed by atoms with van der Waals surface area (Å²) in [7, 11) is 1.60. The molecule has 1 aliphatic heterocycles. The highest BCUT2D eigenvalue weighted by atomic mass is 16.7. The number of carboxylic acids is 1. The topological polar surface area (TPSA) is 93.7 Å². The Morgan fingerprint density at radius 2 is 2.25 bits per heavy atom. The van der Waals surface area contributed by atoms with Crippen molar-refractivity contribution in [1.82, 2.24) is 10.2 Å². The summed E-state index contributed by atoms with van der Waals surface area (Å²) in [6, 6.07) is 5.11. The second-order valence-corrected chi connectivity index (χ2v) is 4.24. The van der Waals surface area contributed by atoms with E-state index in [1.54, 1.807) is 7.11 Å². The van der Waals surface area contributed by atoms with Crippen LogP contribution in [0.2, 0.25) is 0 Å². The standard InChI is InChI=1S/C13H12N2O5/c1-18-5-7-2-3-8(12-11(7)19-6-20-12)9-4-10(13(16)17)15-14-9/h2-4H,5-6H2,1H3,(H,14,15)(H,16,17). The number of rotatable bonds is 4. The number of carboxylic acid groups (broad SMARTS) is 1. The molecule has 1 aromatic heterocycles. The molecular formula is C13H12N2O5. The largest absolute Gasteiger partial charge is 0.477 e. The molecule has 0 radical (unpaired) electrons. The summed E-state index contributed by atoms with van der Waals surface area (Å²) in [5.74, 6) is 0.112. The Bertz CT molecular complexity index is 665. The number of H-pyrrole nitrogens is 1. The van der Waals surface area contributed by atoms with Gasteiger partial charge in [0.1, 0.15) is 5.69 Å². The summed E-state index contributed by atoms with van der Waals surface area (Å²) in [6.07, 6.45) is 0. The fourth-order valence-electron chi connectivity index (χ4n) is 2.09. The Kier molecular flexibility index (Phi) is 3.03. The number of nitrogens with one attached hydrogen (secondary N) is 1. The molecule has 2 heterocycles. The highest BCUT2D eigenvalue weighted by Crippen LogP contribution is 2.43. The van der Waals surface area contributed by atoms with Crippen LogP contribution in [0.4, 0.5) is 0 Å². The fraction of sp³-hybridized carbons (Fsp3) is 0.231. The second-order valence-electron chi connectivity index (χ2n) is 4.24. The number of hydrogen-bond donors (Lipinski definition) is 2. The molecule has 7 nitrogen and oxygen atoms in total. The number of fused-ring (bicyclic) bond motifs is 1. The van der Waals surface area contributed by atoms with Crippen LogP contribution in [-0.2, 0) is 11.3 Å². The van der Waals surface area contributed by atoms with Gasteiger partial charge in [-0.25, -0.2) is 4.79 Å². The number of benzene rings is 1. The van der Waals surface area contributed by atoms with Crippen LogP contribution in [0.3, 0.4) is 0 Å². The maximum absolute atomic E-state index is 10.9. The number of nitrogens with zero attached hydrogens (tertiary/aromatic N) is 1. The monoisotopic (exact) mass is 276 g/mol. The van der Waals surface area contributed by atoms with Gasteiger partial charge in [0.05, 0.1) is 12.3 Å².